The van der Waals surface area contributed by atoms with Gasteiger partial charge in [-0.2, -0.15) is 5.26 Å². The van der Waals surface area contributed by atoms with E-state index in [2.05, 4.69) is 16.3 Å². The zero-order valence-electron chi connectivity index (χ0n) is 14.6. The Kier molecular flexibility index (Phi) is 6.64. The molecule has 2 atom stereocenters. The molecular formula is C17H26N4O3. The van der Waals surface area contributed by atoms with Crippen molar-refractivity contribution in [2.75, 3.05) is 46.4 Å². The van der Waals surface area contributed by atoms with Crippen molar-refractivity contribution in [3.8, 4) is 6.07 Å². The van der Waals surface area contributed by atoms with Crippen molar-refractivity contribution < 1.29 is 13.9 Å². The number of carbonyl (C=O) groups excluding carboxylic acids is 1. The van der Waals surface area contributed by atoms with E-state index >= 15 is 0 Å². The average Bonchev–Trinajstić information content (AvgIpc) is 3.01. The summed E-state index contributed by atoms with van der Waals surface area (Å²) in [6.07, 6.45) is 0. The van der Waals surface area contributed by atoms with Gasteiger partial charge in [-0.1, -0.05) is 0 Å². The number of aryl methyl sites for hydroxylation is 1. The SMILES string of the molecule is Cc1ccc([C@H](CNC(=O)N(C)C[C@@H](C)C#N)N2CCOCC2)o1. The Hall–Kier alpha value is -2.04. The lowest BCUT2D eigenvalue weighted by Gasteiger charge is -2.33. The molecule has 2 amide bonds. The second-order valence-electron chi connectivity index (χ2n) is 6.21. The first-order chi connectivity index (χ1) is 11.5. The third-order valence-corrected chi connectivity index (χ3v) is 4.14. The van der Waals surface area contributed by atoms with E-state index in [9.17, 15) is 4.79 Å². The van der Waals surface area contributed by atoms with Crippen LogP contribution in [0.25, 0.3) is 0 Å². The van der Waals surface area contributed by atoms with Gasteiger partial charge in [0.25, 0.3) is 0 Å². The average molecular weight is 334 g/mol. The molecule has 2 rings (SSSR count). The number of nitrogens with zero attached hydrogens (tertiary/aromatic N) is 3. The standard InChI is InChI=1S/C17H26N4O3/c1-13(10-18)12-20(3)17(22)19-11-15(16-5-4-14(2)24-16)21-6-8-23-9-7-21/h4-5,13,15H,6-9,11-12H2,1-3H3,(H,19,22)/t13-,15-/m0/s1. The molecule has 1 aliphatic heterocycles. The van der Waals surface area contributed by atoms with Crippen LogP contribution in [0.5, 0.6) is 0 Å². The predicted molar refractivity (Wildman–Crippen MR) is 89.4 cm³/mol. The highest BCUT2D eigenvalue weighted by molar-refractivity contribution is 5.73. The molecule has 1 aliphatic rings. The van der Waals surface area contributed by atoms with Gasteiger partial charge in [0.05, 0.1) is 31.2 Å². The molecule has 0 aromatic carbocycles. The van der Waals surface area contributed by atoms with Crippen molar-refractivity contribution in [1.29, 1.82) is 5.26 Å². The zero-order chi connectivity index (χ0) is 17.5. The van der Waals surface area contributed by atoms with Crippen molar-refractivity contribution in [3.63, 3.8) is 0 Å². The summed E-state index contributed by atoms with van der Waals surface area (Å²) in [4.78, 5) is 16.1. The van der Waals surface area contributed by atoms with E-state index in [1.54, 1.807) is 14.0 Å². The van der Waals surface area contributed by atoms with Crippen molar-refractivity contribution in [2.24, 2.45) is 5.92 Å². The van der Waals surface area contributed by atoms with E-state index in [-0.39, 0.29) is 18.0 Å². The number of ether oxygens (including phenoxy) is 1. The smallest absolute Gasteiger partial charge is 0.317 e. The largest absolute Gasteiger partial charge is 0.465 e. The first kappa shape index (κ1) is 18.3. The first-order valence-electron chi connectivity index (χ1n) is 8.28. The van der Waals surface area contributed by atoms with E-state index in [1.807, 2.05) is 19.1 Å². The number of hydrogen-bond acceptors (Lipinski definition) is 5. The Morgan fingerprint density at radius 3 is 2.75 bits per heavy atom. The lowest BCUT2D eigenvalue weighted by Crippen LogP contribution is -2.46. The van der Waals surface area contributed by atoms with Gasteiger partial charge in [0.15, 0.2) is 0 Å². The molecule has 7 heteroatoms. The summed E-state index contributed by atoms with van der Waals surface area (Å²) >= 11 is 0. The van der Waals surface area contributed by atoms with Gasteiger partial charge in [-0.3, -0.25) is 4.90 Å². The van der Waals surface area contributed by atoms with Crippen LogP contribution < -0.4 is 5.32 Å². The molecule has 1 saturated heterocycles. The molecule has 0 bridgehead atoms. The maximum absolute atomic E-state index is 12.2. The zero-order valence-corrected chi connectivity index (χ0v) is 14.6. The molecule has 0 spiro atoms. The van der Waals surface area contributed by atoms with Crippen LogP contribution in [0.15, 0.2) is 16.5 Å². The van der Waals surface area contributed by atoms with E-state index in [1.165, 1.54) is 4.90 Å². The van der Waals surface area contributed by atoms with Crippen molar-refractivity contribution in [1.82, 2.24) is 15.1 Å². The van der Waals surface area contributed by atoms with Gasteiger partial charge in [0.1, 0.15) is 11.5 Å². The quantitative estimate of drug-likeness (QED) is 0.857. The van der Waals surface area contributed by atoms with Gasteiger partial charge >= 0.3 is 6.03 Å². The summed E-state index contributed by atoms with van der Waals surface area (Å²) in [7, 11) is 1.70. The van der Waals surface area contributed by atoms with E-state index in [0.717, 1.165) is 24.6 Å². The summed E-state index contributed by atoms with van der Waals surface area (Å²) < 4.78 is 11.2. The molecule has 1 aromatic heterocycles. The highest BCUT2D eigenvalue weighted by Gasteiger charge is 2.26. The number of carbonyl (C=O) groups is 1. The maximum atomic E-state index is 12.2. The fourth-order valence-electron chi connectivity index (χ4n) is 2.78. The van der Waals surface area contributed by atoms with Gasteiger partial charge in [-0.05, 0) is 26.0 Å². The molecule has 0 unspecified atom stereocenters. The van der Waals surface area contributed by atoms with E-state index in [4.69, 9.17) is 14.4 Å². The highest BCUT2D eigenvalue weighted by atomic mass is 16.5. The minimum atomic E-state index is -0.191. The van der Waals surface area contributed by atoms with Crippen LogP contribution in [0.1, 0.15) is 24.5 Å². The van der Waals surface area contributed by atoms with Gasteiger partial charge in [0.2, 0.25) is 0 Å². The topological polar surface area (TPSA) is 81.7 Å². The van der Waals surface area contributed by atoms with Crippen molar-refractivity contribution in [3.05, 3.63) is 23.7 Å². The minimum absolute atomic E-state index is 0.0201. The number of amides is 2. The Labute approximate surface area is 143 Å². The summed E-state index contributed by atoms with van der Waals surface area (Å²) in [5, 5.41) is 11.8. The predicted octanol–water partition coefficient (Wildman–Crippen LogP) is 1.76. The van der Waals surface area contributed by atoms with Gasteiger partial charge < -0.3 is 19.4 Å². The lowest BCUT2D eigenvalue weighted by molar-refractivity contribution is 0.0119. The molecule has 1 fully saturated rings. The van der Waals surface area contributed by atoms with Crippen LogP contribution in [0.4, 0.5) is 4.79 Å². The summed E-state index contributed by atoms with van der Waals surface area (Å²) in [5.41, 5.74) is 0. The molecule has 2 heterocycles. The fourth-order valence-corrected chi connectivity index (χ4v) is 2.78. The number of hydrogen-bond donors (Lipinski definition) is 1. The van der Waals surface area contributed by atoms with E-state index < -0.39 is 0 Å². The number of nitrogens with one attached hydrogen (secondary N) is 1. The fraction of sp³-hybridized carbons (Fsp3) is 0.647. The minimum Gasteiger partial charge on any atom is -0.465 e. The Morgan fingerprint density at radius 1 is 1.46 bits per heavy atom. The third kappa shape index (κ3) is 4.98. The van der Waals surface area contributed by atoms with Crippen LogP contribution in [0.3, 0.4) is 0 Å². The second-order valence-corrected chi connectivity index (χ2v) is 6.21. The molecule has 0 radical (unpaired) electrons. The van der Waals surface area contributed by atoms with Crippen LogP contribution in [-0.2, 0) is 4.74 Å². The number of rotatable bonds is 6. The van der Waals surface area contributed by atoms with Crippen LogP contribution >= 0.6 is 0 Å². The second kappa shape index (κ2) is 8.71. The molecule has 1 aromatic rings. The van der Waals surface area contributed by atoms with Gasteiger partial charge in [-0.25, -0.2) is 4.79 Å². The normalized spacial score (nSPS) is 17.8. The Morgan fingerprint density at radius 2 is 2.17 bits per heavy atom. The number of morpholine rings is 1. The van der Waals surface area contributed by atoms with Crippen LogP contribution in [0, 0.1) is 24.2 Å². The summed E-state index contributed by atoms with van der Waals surface area (Å²) in [5.74, 6) is 1.51. The molecule has 0 saturated carbocycles. The van der Waals surface area contributed by atoms with Crippen molar-refractivity contribution in [2.45, 2.75) is 19.9 Å². The van der Waals surface area contributed by atoms with Crippen molar-refractivity contribution >= 4 is 6.03 Å². The number of nitriles is 1. The Balaban J connectivity index is 1.98. The molecule has 132 valence electrons. The summed E-state index contributed by atoms with van der Waals surface area (Å²) in [6.45, 7) is 7.56. The molecular weight excluding hydrogens is 308 g/mol. The first-order valence-corrected chi connectivity index (χ1v) is 8.28. The van der Waals surface area contributed by atoms with Crippen LogP contribution in [-0.4, -0.2) is 62.3 Å². The van der Waals surface area contributed by atoms with Crippen LogP contribution in [0.2, 0.25) is 0 Å². The van der Waals surface area contributed by atoms with Gasteiger partial charge in [-0.15, -0.1) is 0 Å². The van der Waals surface area contributed by atoms with Gasteiger partial charge in [0, 0.05) is 33.2 Å². The number of furan rings is 1. The number of urea groups is 1. The maximum Gasteiger partial charge on any atom is 0.317 e. The molecule has 0 aliphatic carbocycles. The Bertz CT molecular complexity index is 575. The summed E-state index contributed by atoms with van der Waals surface area (Å²) in [6, 6.07) is 5.83. The highest BCUT2D eigenvalue weighted by Crippen LogP contribution is 2.23. The molecule has 1 N–H and O–H groups in total. The molecule has 24 heavy (non-hydrogen) atoms. The monoisotopic (exact) mass is 334 g/mol. The van der Waals surface area contributed by atoms with E-state index in [0.29, 0.717) is 26.3 Å². The molecule has 7 nitrogen and oxygen atoms in total. The third-order valence-electron chi connectivity index (χ3n) is 4.14. The lowest BCUT2D eigenvalue weighted by atomic mass is 10.1.